The summed E-state index contributed by atoms with van der Waals surface area (Å²) in [5, 5.41) is 0. The Balaban J connectivity index is 1.95. The predicted molar refractivity (Wildman–Crippen MR) is 74.9 cm³/mol. The van der Waals surface area contributed by atoms with Gasteiger partial charge in [-0.05, 0) is 48.6 Å². The average Bonchev–Trinajstić information content (AvgIpc) is 2.93. The van der Waals surface area contributed by atoms with Crippen molar-refractivity contribution in [1.82, 2.24) is 0 Å². The molecule has 1 aromatic carbocycles. The molecular formula is C14H18F3NOS. The van der Waals surface area contributed by atoms with Crippen molar-refractivity contribution in [3.63, 3.8) is 0 Å². The highest BCUT2D eigenvalue weighted by atomic mass is 32.2. The number of benzene rings is 1. The van der Waals surface area contributed by atoms with Gasteiger partial charge in [-0.1, -0.05) is 6.07 Å². The fourth-order valence-electron chi connectivity index (χ4n) is 2.29. The van der Waals surface area contributed by atoms with Crippen molar-refractivity contribution in [3.05, 3.63) is 29.8 Å². The molecule has 2 atom stereocenters. The molecule has 1 aromatic rings. The van der Waals surface area contributed by atoms with Crippen molar-refractivity contribution in [3.8, 4) is 5.75 Å². The van der Waals surface area contributed by atoms with E-state index in [1.165, 1.54) is 6.07 Å². The van der Waals surface area contributed by atoms with Gasteiger partial charge in [-0.3, -0.25) is 0 Å². The van der Waals surface area contributed by atoms with Crippen LogP contribution in [-0.2, 0) is 6.18 Å². The number of thioether (sulfide) groups is 1. The van der Waals surface area contributed by atoms with Crippen LogP contribution in [0.5, 0.6) is 5.75 Å². The SMILES string of the molecule is NCC(COc1cccc(C(F)(F)F)c1)C1CCSC1. The molecule has 1 heterocycles. The third kappa shape index (κ3) is 4.06. The first-order valence-corrected chi connectivity index (χ1v) is 7.74. The maximum absolute atomic E-state index is 12.6. The molecule has 0 spiro atoms. The lowest BCUT2D eigenvalue weighted by atomic mass is 9.93. The van der Waals surface area contributed by atoms with Gasteiger partial charge in [0.1, 0.15) is 5.75 Å². The molecule has 2 unspecified atom stereocenters. The fraction of sp³-hybridized carbons (Fsp3) is 0.571. The van der Waals surface area contributed by atoms with Crippen LogP contribution in [0.2, 0.25) is 0 Å². The Kier molecular flexibility index (Phi) is 5.21. The summed E-state index contributed by atoms with van der Waals surface area (Å²) in [7, 11) is 0. The number of hydrogen-bond acceptors (Lipinski definition) is 3. The van der Waals surface area contributed by atoms with Crippen molar-refractivity contribution >= 4 is 11.8 Å². The molecule has 20 heavy (non-hydrogen) atoms. The summed E-state index contributed by atoms with van der Waals surface area (Å²) in [4.78, 5) is 0. The number of halogens is 3. The molecule has 0 bridgehead atoms. The van der Waals surface area contributed by atoms with Gasteiger partial charge in [-0.15, -0.1) is 0 Å². The molecule has 0 aromatic heterocycles. The summed E-state index contributed by atoms with van der Waals surface area (Å²) in [6, 6.07) is 4.99. The van der Waals surface area contributed by atoms with Crippen LogP contribution in [0.15, 0.2) is 24.3 Å². The van der Waals surface area contributed by atoms with Crippen molar-refractivity contribution < 1.29 is 17.9 Å². The van der Waals surface area contributed by atoms with E-state index < -0.39 is 11.7 Å². The summed E-state index contributed by atoms with van der Waals surface area (Å²) in [6.07, 6.45) is -3.23. The molecule has 0 saturated carbocycles. The second-order valence-electron chi connectivity index (χ2n) is 4.96. The van der Waals surface area contributed by atoms with Crippen LogP contribution in [0.1, 0.15) is 12.0 Å². The largest absolute Gasteiger partial charge is 0.493 e. The third-order valence-electron chi connectivity index (χ3n) is 3.56. The first kappa shape index (κ1) is 15.5. The van der Waals surface area contributed by atoms with E-state index in [-0.39, 0.29) is 11.7 Å². The number of rotatable bonds is 5. The molecule has 112 valence electrons. The van der Waals surface area contributed by atoms with Gasteiger partial charge in [0, 0.05) is 5.92 Å². The molecule has 2 nitrogen and oxygen atoms in total. The number of nitrogens with two attached hydrogens (primary N) is 1. The first-order valence-electron chi connectivity index (χ1n) is 6.58. The van der Waals surface area contributed by atoms with Crippen LogP contribution >= 0.6 is 11.8 Å². The molecular weight excluding hydrogens is 287 g/mol. The topological polar surface area (TPSA) is 35.2 Å². The molecule has 2 rings (SSSR count). The summed E-state index contributed by atoms with van der Waals surface area (Å²) >= 11 is 1.89. The first-order chi connectivity index (χ1) is 9.50. The lowest BCUT2D eigenvalue weighted by Crippen LogP contribution is -2.29. The van der Waals surface area contributed by atoms with Crippen LogP contribution in [0.3, 0.4) is 0 Å². The maximum Gasteiger partial charge on any atom is 0.416 e. The van der Waals surface area contributed by atoms with Gasteiger partial charge in [0.05, 0.1) is 12.2 Å². The molecule has 0 aliphatic carbocycles. The van der Waals surface area contributed by atoms with E-state index >= 15 is 0 Å². The lowest BCUT2D eigenvalue weighted by molar-refractivity contribution is -0.137. The zero-order valence-electron chi connectivity index (χ0n) is 11.0. The highest BCUT2D eigenvalue weighted by Crippen LogP contribution is 2.32. The van der Waals surface area contributed by atoms with Crippen LogP contribution in [0.4, 0.5) is 13.2 Å². The molecule has 0 amide bonds. The van der Waals surface area contributed by atoms with Crippen molar-refractivity contribution in [2.24, 2.45) is 17.6 Å². The molecule has 1 aliphatic rings. The molecule has 1 aliphatic heterocycles. The van der Waals surface area contributed by atoms with Gasteiger partial charge < -0.3 is 10.5 Å². The summed E-state index contributed by atoms with van der Waals surface area (Å²) in [6.45, 7) is 0.882. The van der Waals surface area contributed by atoms with E-state index in [1.807, 2.05) is 11.8 Å². The third-order valence-corrected chi connectivity index (χ3v) is 4.75. The molecule has 1 saturated heterocycles. The normalized spacial score (nSPS) is 20.9. The second kappa shape index (κ2) is 6.72. The van der Waals surface area contributed by atoms with Gasteiger partial charge in [0.15, 0.2) is 0 Å². The van der Waals surface area contributed by atoms with E-state index in [0.29, 0.717) is 19.1 Å². The van der Waals surface area contributed by atoms with E-state index in [0.717, 1.165) is 30.1 Å². The van der Waals surface area contributed by atoms with Crippen molar-refractivity contribution in [2.75, 3.05) is 24.7 Å². The van der Waals surface area contributed by atoms with E-state index in [1.54, 1.807) is 6.07 Å². The lowest BCUT2D eigenvalue weighted by Gasteiger charge is -2.21. The van der Waals surface area contributed by atoms with E-state index in [4.69, 9.17) is 10.5 Å². The standard InChI is InChI=1S/C14H18F3NOS/c15-14(16,17)12-2-1-3-13(6-12)19-8-11(7-18)10-4-5-20-9-10/h1-3,6,10-11H,4-5,7-9,18H2. The fourth-order valence-corrected chi connectivity index (χ4v) is 3.66. The zero-order chi connectivity index (χ0) is 14.6. The van der Waals surface area contributed by atoms with Gasteiger partial charge in [-0.25, -0.2) is 0 Å². The number of alkyl halides is 3. The number of ether oxygens (including phenoxy) is 1. The second-order valence-corrected chi connectivity index (χ2v) is 6.11. The van der Waals surface area contributed by atoms with Gasteiger partial charge in [0.2, 0.25) is 0 Å². The minimum atomic E-state index is -4.34. The minimum Gasteiger partial charge on any atom is -0.493 e. The van der Waals surface area contributed by atoms with Crippen LogP contribution in [0, 0.1) is 11.8 Å². The van der Waals surface area contributed by atoms with Crippen LogP contribution in [0.25, 0.3) is 0 Å². The number of hydrogen-bond donors (Lipinski definition) is 1. The monoisotopic (exact) mass is 305 g/mol. The summed E-state index contributed by atoms with van der Waals surface area (Å²) in [5.41, 5.74) is 5.06. The average molecular weight is 305 g/mol. The van der Waals surface area contributed by atoms with Crippen molar-refractivity contribution in [2.45, 2.75) is 12.6 Å². The van der Waals surface area contributed by atoms with Gasteiger partial charge in [0.25, 0.3) is 0 Å². The molecule has 6 heteroatoms. The van der Waals surface area contributed by atoms with E-state index in [2.05, 4.69) is 0 Å². The van der Waals surface area contributed by atoms with Crippen molar-refractivity contribution in [1.29, 1.82) is 0 Å². The minimum absolute atomic E-state index is 0.208. The highest BCUT2D eigenvalue weighted by Gasteiger charge is 2.31. The zero-order valence-corrected chi connectivity index (χ0v) is 11.8. The predicted octanol–water partition coefficient (Wildman–Crippen LogP) is 3.41. The van der Waals surface area contributed by atoms with Gasteiger partial charge in [-0.2, -0.15) is 24.9 Å². The molecule has 0 radical (unpaired) electrons. The van der Waals surface area contributed by atoms with Gasteiger partial charge >= 0.3 is 6.18 Å². The Morgan fingerprint density at radius 3 is 2.80 bits per heavy atom. The Labute approximate surface area is 120 Å². The quantitative estimate of drug-likeness (QED) is 0.905. The Hall–Kier alpha value is -0.880. The Morgan fingerprint density at radius 2 is 2.20 bits per heavy atom. The van der Waals surface area contributed by atoms with Crippen LogP contribution in [-0.4, -0.2) is 24.7 Å². The molecule has 1 fully saturated rings. The maximum atomic E-state index is 12.6. The smallest absolute Gasteiger partial charge is 0.416 e. The Bertz CT molecular complexity index is 433. The summed E-state index contributed by atoms with van der Waals surface area (Å²) < 4.78 is 43.3. The summed E-state index contributed by atoms with van der Waals surface area (Å²) in [5.74, 6) is 3.16. The molecule has 2 N–H and O–H groups in total. The van der Waals surface area contributed by atoms with Crippen LogP contribution < -0.4 is 10.5 Å². The highest BCUT2D eigenvalue weighted by molar-refractivity contribution is 7.99. The van der Waals surface area contributed by atoms with E-state index in [9.17, 15) is 13.2 Å². The Morgan fingerprint density at radius 1 is 1.40 bits per heavy atom.